The number of hydrogen-bond acceptors (Lipinski definition) is 8. The zero-order valence-electron chi connectivity index (χ0n) is 20.9. The standard InChI is InChI=1S/C25H24ClF3N6O3S/c1-2-38-24(36)19-17(12-33-7-8-35-14(10-33)11-34(25(35)37)13-18(28)29)31-22(23-30-6-9-39-23)32-21(19)15-4-3-5-16(27)20(15)26/h3-6,14,18,21H,2,7-8,10-13H2,1H3/p+1/t14-,21+/m1/s1. The first-order valence-electron chi connectivity index (χ1n) is 12.3. The van der Waals surface area contributed by atoms with Gasteiger partial charge in [-0.25, -0.2) is 22.8 Å². The van der Waals surface area contributed by atoms with Crippen LogP contribution in [0.3, 0.4) is 0 Å². The Bertz CT molecular complexity index is 1290. The number of carbonyl (C=O) groups is 2. The normalized spacial score (nSPS) is 23.1. The van der Waals surface area contributed by atoms with Crippen LogP contribution in [0, 0.1) is 11.2 Å². The van der Waals surface area contributed by atoms with E-state index in [4.69, 9.17) is 21.3 Å². The minimum Gasteiger partial charge on any atom is -0.463 e. The van der Waals surface area contributed by atoms with E-state index in [1.54, 1.807) is 17.9 Å². The monoisotopic (exact) mass is 581 g/mol. The molecule has 1 N–H and O–H groups in total. The fourth-order valence-corrected chi connectivity index (χ4v) is 5.82. The molecule has 2 atom stereocenters. The van der Waals surface area contributed by atoms with Gasteiger partial charge in [0.1, 0.15) is 11.9 Å². The lowest BCUT2D eigenvalue weighted by Crippen LogP contribution is -2.53. The number of halogens is 4. The average molecular weight is 582 g/mol. The first kappa shape index (κ1) is 27.4. The van der Waals surface area contributed by atoms with Crippen molar-refractivity contribution in [3.63, 3.8) is 0 Å². The summed E-state index contributed by atoms with van der Waals surface area (Å²) in [5.41, 5.74) is 0.949. The van der Waals surface area contributed by atoms with Gasteiger partial charge in [-0.15, -0.1) is 0 Å². The Balaban J connectivity index is 1.48. The smallest absolute Gasteiger partial charge is 0.338 e. The second kappa shape index (κ2) is 11.5. The molecule has 2 saturated heterocycles. The lowest BCUT2D eigenvalue weighted by molar-refractivity contribution is -0.139. The van der Waals surface area contributed by atoms with Crippen LogP contribution in [-0.2, 0) is 9.53 Å². The molecular weight excluding hydrogens is 557 g/mol. The zero-order valence-corrected chi connectivity index (χ0v) is 22.4. The zero-order chi connectivity index (χ0) is 27.7. The Labute approximate surface area is 232 Å². The lowest BCUT2D eigenvalue weighted by Gasteiger charge is -2.38. The highest BCUT2D eigenvalue weighted by atomic mass is 35.5. The summed E-state index contributed by atoms with van der Waals surface area (Å²) in [6, 6.07) is 2.69. The third kappa shape index (κ3) is 5.62. The van der Waals surface area contributed by atoms with Gasteiger partial charge in [0, 0.05) is 44.0 Å². The Morgan fingerprint density at radius 2 is 2.15 bits per heavy atom. The number of fused-ring (bicyclic) bond motifs is 1. The van der Waals surface area contributed by atoms with Crippen LogP contribution in [0.25, 0.3) is 0 Å². The van der Waals surface area contributed by atoms with Gasteiger partial charge in [0.2, 0.25) is 16.8 Å². The fourth-order valence-electron chi connectivity index (χ4n) is 5.07. The van der Waals surface area contributed by atoms with E-state index in [1.165, 1.54) is 35.0 Å². The van der Waals surface area contributed by atoms with Crippen LogP contribution in [0.15, 0.2) is 45.7 Å². The average Bonchev–Trinajstić information content (AvgIpc) is 3.54. The molecule has 2 fully saturated rings. The van der Waals surface area contributed by atoms with E-state index in [0.29, 0.717) is 41.8 Å². The van der Waals surface area contributed by atoms with Crippen molar-refractivity contribution in [2.24, 2.45) is 9.98 Å². The number of benzene rings is 1. The molecule has 1 aromatic carbocycles. The van der Waals surface area contributed by atoms with Crippen molar-refractivity contribution in [1.82, 2.24) is 20.0 Å². The van der Waals surface area contributed by atoms with E-state index in [2.05, 4.69) is 15.7 Å². The van der Waals surface area contributed by atoms with Crippen LogP contribution in [0.4, 0.5) is 18.0 Å². The molecule has 0 unspecified atom stereocenters. The Morgan fingerprint density at radius 1 is 1.33 bits per heavy atom. The molecule has 0 saturated carbocycles. The number of urea groups is 1. The summed E-state index contributed by atoms with van der Waals surface area (Å²) in [7, 11) is 0. The molecule has 4 heterocycles. The van der Waals surface area contributed by atoms with Crippen LogP contribution in [0.2, 0.25) is 5.02 Å². The topological polar surface area (TPSA) is 89.8 Å². The minimum atomic E-state index is -2.61. The summed E-state index contributed by atoms with van der Waals surface area (Å²) in [5.74, 6) is -0.906. The van der Waals surface area contributed by atoms with Gasteiger partial charge in [-0.3, -0.25) is 9.89 Å². The number of esters is 1. The first-order valence-corrected chi connectivity index (χ1v) is 13.5. The van der Waals surface area contributed by atoms with Gasteiger partial charge in [-0.05, 0) is 13.0 Å². The molecule has 2 amide bonds. The molecule has 1 aromatic rings. The molecule has 206 valence electrons. The highest BCUT2D eigenvalue weighted by Crippen LogP contribution is 2.37. The molecule has 0 spiro atoms. The number of ether oxygens (including phenoxy) is 1. The van der Waals surface area contributed by atoms with Crippen LogP contribution in [0.5, 0.6) is 0 Å². The van der Waals surface area contributed by atoms with E-state index in [9.17, 15) is 22.8 Å². The van der Waals surface area contributed by atoms with E-state index in [1.807, 2.05) is 4.90 Å². The molecule has 14 heteroatoms. The second-order valence-electron chi connectivity index (χ2n) is 9.21. The molecule has 0 aliphatic carbocycles. The van der Waals surface area contributed by atoms with Crippen molar-refractivity contribution in [2.75, 3.05) is 45.9 Å². The number of hydrogen-bond donors (Lipinski definition) is 1. The Kier molecular flexibility index (Phi) is 8.13. The highest BCUT2D eigenvalue weighted by molar-refractivity contribution is 8.17. The Hall–Kier alpha value is -3.12. The number of rotatable bonds is 8. The van der Waals surface area contributed by atoms with Crippen LogP contribution < -0.4 is 5.32 Å². The summed E-state index contributed by atoms with van der Waals surface area (Å²) < 4.78 is 45.8. The summed E-state index contributed by atoms with van der Waals surface area (Å²) in [6.07, 6.45) is -1.11. The molecule has 0 aromatic heterocycles. The fraction of sp³-hybridized carbons (Fsp3) is 0.440. The van der Waals surface area contributed by atoms with Crippen molar-refractivity contribution in [1.29, 1.82) is 0 Å². The molecule has 5 rings (SSSR count). The van der Waals surface area contributed by atoms with E-state index >= 15 is 0 Å². The molecule has 0 bridgehead atoms. The van der Waals surface area contributed by atoms with E-state index in [-0.39, 0.29) is 36.3 Å². The van der Waals surface area contributed by atoms with Crippen LogP contribution in [0.1, 0.15) is 18.5 Å². The van der Waals surface area contributed by atoms with Gasteiger partial charge in [0.25, 0.3) is 12.6 Å². The van der Waals surface area contributed by atoms with Crippen molar-refractivity contribution in [3.05, 3.63) is 57.5 Å². The van der Waals surface area contributed by atoms with E-state index < -0.39 is 36.8 Å². The number of carbonyl (C=O) groups excluding carboxylic acids is 2. The molecule has 9 nitrogen and oxygen atoms in total. The number of amides is 2. The second-order valence-corrected chi connectivity index (χ2v) is 10.4. The van der Waals surface area contributed by atoms with Crippen molar-refractivity contribution < 1.29 is 27.5 Å². The quantitative estimate of drug-likeness (QED) is 0.374. The Morgan fingerprint density at radius 3 is 2.87 bits per heavy atom. The van der Waals surface area contributed by atoms with E-state index in [0.717, 1.165) is 0 Å². The number of aliphatic imine (C=N–C) groups is 2. The first-order chi connectivity index (χ1) is 18.8. The maximum atomic E-state index is 14.5. The summed E-state index contributed by atoms with van der Waals surface area (Å²) in [6.45, 7) is 2.84. The number of piperazine rings is 1. The summed E-state index contributed by atoms with van der Waals surface area (Å²) >= 11 is 7.57. The maximum Gasteiger partial charge on any atom is 0.338 e. The highest BCUT2D eigenvalue weighted by Gasteiger charge is 2.42. The van der Waals surface area contributed by atoms with Crippen LogP contribution in [-0.4, -0.2) is 95.9 Å². The summed E-state index contributed by atoms with van der Waals surface area (Å²) in [4.78, 5) is 39.7. The van der Waals surface area contributed by atoms with Gasteiger partial charge >= 0.3 is 17.4 Å². The third-order valence-electron chi connectivity index (χ3n) is 6.74. The predicted octanol–water partition coefficient (Wildman–Crippen LogP) is 3.45. The van der Waals surface area contributed by atoms with Gasteiger partial charge in [-0.1, -0.05) is 23.7 Å². The SMILES string of the molecule is CCOC(=O)C1=C(CN2CCN3C(=O)N(CC(F)F)C[C@H]3C2)NC(C2=NC=[C+]S2)=N[C@H]1c1cccc(F)c1Cl. The molecule has 4 aliphatic rings. The lowest BCUT2D eigenvalue weighted by atomic mass is 9.95. The molecular formula is C25H25ClF3N6O3S+. The largest absolute Gasteiger partial charge is 0.463 e. The number of alkyl halides is 2. The maximum absolute atomic E-state index is 14.5. The predicted molar refractivity (Wildman–Crippen MR) is 141 cm³/mol. The summed E-state index contributed by atoms with van der Waals surface area (Å²) in [5, 5.41) is 6.49. The molecule has 0 radical (unpaired) electrons. The number of nitrogens with one attached hydrogen (secondary N) is 1. The van der Waals surface area contributed by atoms with Gasteiger partial charge < -0.3 is 19.9 Å². The van der Waals surface area contributed by atoms with Gasteiger partial charge in [0.05, 0.1) is 29.8 Å². The van der Waals surface area contributed by atoms with Crippen molar-refractivity contribution in [3.8, 4) is 0 Å². The number of thioether (sulfide) groups is 1. The van der Waals surface area contributed by atoms with Crippen molar-refractivity contribution >= 4 is 46.2 Å². The molecule has 4 aliphatic heterocycles. The van der Waals surface area contributed by atoms with Gasteiger partial charge in [0.15, 0.2) is 5.84 Å². The van der Waals surface area contributed by atoms with Gasteiger partial charge in [-0.2, -0.15) is 4.99 Å². The number of nitrogens with zero attached hydrogens (tertiary/aromatic N) is 5. The molecule has 39 heavy (non-hydrogen) atoms. The van der Waals surface area contributed by atoms with Crippen LogP contribution >= 0.6 is 23.4 Å². The minimum absolute atomic E-state index is 0.111. The number of amidine groups is 1. The van der Waals surface area contributed by atoms with Crippen molar-refractivity contribution in [2.45, 2.75) is 25.4 Å². The third-order valence-corrected chi connectivity index (χ3v) is 7.86.